The number of alkyl halides is 1. The Bertz CT molecular complexity index is 367. The van der Waals surface area contributed by atoms with Gasteiger partial charge in [0.25, 0.3) is 5.91 Å². The molecular formula is C12H16BrNOS. The summed E-state index contributed by atoms with van der Waals surface area (Å²) in [4.78, 5) is 16.2. The number of nitrogens with zero attached hydrogens (tertiary/aromatic N) is 1. The summed E-state index contributed by atoms with van der Waals surface area (Å²) in [5.41, 5.74) is 1.40. The molecule has 0 aliphatic heterocycles. The maximum absolute atomic E-state index is 12.1. The number of aryl methyl sites for hydroxylation is 2. The van der Waals surface area contributed by atoms with Gasteiger partial charge >= 0.3 is 0 Å². The Kier molecular flexibility index (Phi) is 4.03. The number of thiophene rings is 1. The number of hydrogen-bond donors (Lipinski definition) is 0. The lowest BCUT2D eigenvalue weighted by molar-refractivity contribution is 0.0800. The van der Waals surface area contributed by atoms with Crippen LogP contribution in [-0.4, -0.2) is 29.7 Å². The second-order valence-electron chi connectivity index (χ2n) is 4.18. The van der Waals surface area contributed by atoms with Crippen LogP contribution in [0.15, 0.2) is 6.07 Å². The van der Waals surface area contributed by atoms with Crippen LogP contribution in [0.4, 0.5) is 0 Å². The Labute approximate surface area is 109 Å². The van der Waals surface area contributed by atoms with Crippen LogP contribution >= 0.6 is 27.3 Å². The van der Waals surface area contributed by atoms with Crippen molar-refractivity contribution >= 4 is 33.2 Å². The Balaban J connectivity index is 2.03. The maximum atomic E-state index is 12.1. The van der Waals surface area contributed by atoms with Gasteiger partial charge in [-0.25, -0.2) is 0 Å². The molecule has 1 aromatic heterocycles. The lowest BCUT2D eigenvalue weighted by Crippen LogP contribution is -2.27. The minimum Gasteiger partial charge on any atom is -0.341 e. The highest BCUT2D eigenvalue weighted by Crippen LogP contribution is 2.31. The predicted octanol–water partition coefficient (Wildman–Crippen LogP) is 3.09. The Hall–Kier alpha value is -0.350. The molecule has 0 aromatic carbocycles. The van der Waals surface area contributed by atoms with Gasteiger partial charge in [0.2, 0.25) is 0 Å². The zero-order valence-corrected chi connectivity index (χ0v) is 11.9. The molecule has 88 valence electrons. The zero-order chi connectivity index (χ0) is 11.5. The lowest BCUT2D eigenvalue weighted by atomic mass is 10.2. The first kappa shape index (κ1) is 12.1. The molecule has 0 saturated carbocycles. The molecule has 2 nitrogen and oxygen atoms in total. The van der Waals surface area contributed by atoms with Gasteiger partial charge in [-0.15, -0.1) is 11.3 Å². The number of fused-ring (bicyclic) bond motifs is 1. The molecule has 0 spiro atoms. The first-order chi connectivity index (χ1) is 7.72. The first-order valence-electron chi connectivity index (χ1n) is 5.65. The summed E-state index contributed by atoms with van der Waals surface area (Å²) >= 11 is 5.07. The standard InChI is InChI=1S/C12H16BrNOS/c1-14(7-3-6-13)12(15)11-8-9-4-2-5-10(9)16-11/h8H,2-7H2,1H3. The van der Waals surface area contributed by atoms with Crippen molar-refractivity contribution in [3.05, 3.63) is 21.4 Å². The molecule has 0 fully saturated rings. The van der Waals surface area contributed by atoms with E-state index in [0.717, 1.165) is 29.6 Å². The summed E-state index contributed by atoms with van der Waals surface area (Å²) in [6.07, 6.45) is 4.59. The highest BCUT2D eigenvalue weighted by molar-refractivity contribution is 9.09. The van der Waals surface area contributed by atoms with Crippen LogP contribution in [0.3, 0.4) is 0 Å². The van der Waals surface area contributed by atoms with E-state index < -0.39 is 0 Å². The Morgan fingerprint density at radius 2 is 2.38 bits per heavy atom. The van der Waals surface area contributed by atoms with E-state index in [1.54, 1.807) is 11.3 Å². The van der Waals surface area contributed by atoms with E-state index in [0.29, 0.717) is 0 Å². The van der Waals surface area contributed by atoms with E-state index >= 15 is 0 Å². The SMILES string of the molecule is CN(CCCBr)C(=O)c1cc2c(s1)CCC2. The van der Waals surface area contributed by atoms with Crippen LogP contribution in [0.5, 0.6) is 0 Å². The maximum Gasteiger partial charge on any atom is 0.263 e. The number of amides is 1. The number of carbonyl (C=O) groups is 1. The quantitative estimate of drug-likeness (QED) is 0.783. The van der Waals surface area contributed by atoms with E-state index in [-0.39, 0.29) is 5.91 Å². The third kappa shape index (κ3) is 2.48. The average Bonchev–Trinajstić information content (AvgIpc) is 2.84. The van der Waals surface area contributed by atoms with Gasteiger partial charge in [0.1, 0.15) is 0 Å². The van der Waals surface area contributed by atoms with Crippen molar-refractivity contribution in [2.24, 2.45) is 0 Å². The fourth-order valence-electron chi connectivity index (χ4n) is 2.02. The summed E-state index contributed by atoms with van der Waals surface area (Å²) in [7, 11) is 1.88. The molecule has 1 amide bonds. The molecule has 1 heterocycles. The molecule has 1 aromatic rings. The van der Waals surface area contributed by atoms with Gasteiger partial charge in [-0.1, -0.05) is 15.9 Å². The number of rotatable bonds is 4. The van der Waals surface area contributed by atoms with Crippen molar-refractivity contribution in [1.82, 2.24) is 4.90 Å². The van der Waals surface area contributed by atoms with Gasteiger partial charge in [0.05, 0.1) is 4.88 Å². The van der Waals surface area contributed by atoms with Gasteiger partial charge in [0.15, 0.2) is 0 Å². The van der Waals surface area contributed by atoms with E-state index in [1.807, 2.05) is 11.9 Å². The molecule has 4 heteroatoms. The smallest absolute Gasteiger partial charge is 0.263 e. The van der Waals surface area contributed by atoms with Crippen LogP contribution < -0.4 is 0 Å². The minimum absolute atomic E-state index is 0.181. The third-order valence-corrected chi connectivity index (χ3v) is 4.72. The molecule has 16 heavy (non-hydrogen) atoms. The molecule has 0 saturated heterocycles. The van der Waals surface area contributed by atoms with Crippen LogP contribution in [0.2, 0.25) is 0 Å². The zero-order valence-electron chi connectivity index (χ0n) is 9.46. The average molecular weight is 302 g/mol. The van der Waals surface area contributed by atoms with E-state index in [2.05, 4.69) is 22.0 Å². The number of carbonyl (C=O) groups excluding carboxylic acids is 1. The van der Waals surface area contributed by atoms with Gasteiger partial charge in [-0.3, -0.25) is 4.79 Å². The van der Waals surface area contributed by atoms with Crippen LogP contribution in [0.25, 0.3) is 0 Å². The number of halogens is 1. The van der Waals surface area contributed by atoms with E-state index in [4.69, 9.17) is 0 Å². The molecule has 0 radical (unpaired) electrons. The second-order valence-corrected chi connectivity index (χ2v) is 6.11. The molecule has 0 atom stereocenters. The predicted molar refractivity (Wildman–Crippen MR) is 71.7 cm³/mol. The third-order valence-electron chi connectivity index (χ3n) is 2.93. The molecule has 0 unspecified atom stereocenters. The second kappa shape index (κ2) is 5.32. The molecule has 1 aliphatic carbocycles. The lowest BCUT2D eigenvalue weighted by Gasteiger charge is -2.15. The van der Waals surface area contributed by atoms with Crippen LogP contribution in [0, 0.1) is 0 Å². The molecule has 0 N–H and O–H groups in total. The van der Waals surface area contributed by atoms with Crippen molar-refractivity contribution in [1.29, 1.82) is 0 Å². The fourth-order valence-corrected chi connectivity index (χ4v) is 3.52. The summed E-state index contributed by atoms with van der Waals surface area (Å²) in [6.45, 7) is 0.826. The monoisotopic (exact) mass is 301 g/mol. The summed E-state index contributed by atoms with van der Waals surface area (Å²) in [6, 6.07) is 2.10. The summed E-state index contributed by atoms with van der Waals surface area (Å²) in [5.74, 6) is 0.181. The largest absolute Gasteiger partial charge is 0.341 e. The van der Waals surface area contributed by atoms with Crippen molar-refractivity contribution in [3.8, 4) is 0 Å². The van der Waals surface area contributed by atoms with E-state index in [9.17, 15) is 4.79 Å². The van der Waals surface area contributed by atoms with Gasteiger partial charge < -0.3 is 4.90 Å². The summed E-state index contributed by atoms with van der Waals surface area (Å²) in [5, 5.41) is 0.950. The van der Waals surface area contributed by atoms with Gasteiger partial charge in [0, 0.05) is 23.8 Å². The van der Waals surface area contributed by atoms with Gasteiger partial charge in [-0.05, 0) is 37.3 Å². The normalized spacial score (nSPS) is 13.9. The highest BCUT2D eigenvalue weighted by atomic mass is 79.9. The Morgan fingerprint density at radius 1 is 1.56 bits per heavy atom. The van der Waals surface area contributed by atoms with Crippen molar-refractivity contribution in [3.63, 3.8) is 0 Å². The first-order valence-corrected chi connectivity index (χ1v) is 7.59. The van der Waals surface area contributed by atoms with Crippen molar-refractivity contribution in [2.75, 3.05) is 18.9 Å². The van der Waals surface area contributed by atoms with Crippen molar-refractivity contribution < 1.29 is 4.79 Å². The topological polar surface area (TPSA) is 20.3 Å². The minimum atomic E-state index is 0.181. The molecule has 1 aliphatic rings. The molecule has 0 bridgehead atoms. The van der Waals surface area contributed by atoms with Gasteiger partial charge in [-0.2, -0.15) is 0 Å². The molecular weight excluding hydrogens is 286 g/mol. The van der Waals surface area contributed by atoms with Crippen molar-refractivity contribution in [2.45, 2.75) is 25.7 Å². The summed E-state index contributed by atoms with van der Waals surface area (Å²) < 4.78 is 0. The van der Waals surface area contributed by atoms with Crippen LogP contribution in [-0.2, 0) is 12.8 Å². The highest BCUT2D eigenvalue weighted by Gasteiger charge is 2.20. The van der Waals surface area contributed by atoms with E-state index in [1.165, 1.54) is 23.3 Å². The Morgan fingerprint density at radius 3 is 3.06 bits per heavy atom. The fraction of sp³-hybridized carbons (Fsp3) is 0.583. The molecule has 2 rings (SSSR count). The van der Waals surface area contributed by atoms with Crippen LogP contribution in [0.1, 0.15) is 33.0 Å². The number of hydrogen-bond acceptors (Lipinski definition) is 2.